The van der Waals surface area contributed by atoms with Gasteiger partial charge in [-0.25, -0.2) is 4.98 Å². The number of methoxy groups -OCH3 is 1. The molecule has 0 radical (unpaired) electrons. The highest BCUT2D eigenvalue weighted by atomic mass is 16.5. The van der Waals surface area contributed by atoms with Gasteiger partial charge in [-0.15, -0.1) is 0 Å². The molecular weight excluding hydrogens is 358 g/mol. The van der Waals surface area contributed by atoms with Crippen LogP contribution in [-0.2, 0) is 4.79 Å². The number of ether oxygens (including phenoxy) is 2. The average molecular weight is 385 g/mol. The number of hydrogen-bond donors (Lipinski definition) is 1. The zero-order valence-electron chi connectivity index (χ0n) is 16.6. The van der Waals surface area contributed by atoms with Crippen LogP contribution in [-0.4, -0.2) is 61.7 Å². The monoisotopic (exact) mass is 385 g/mol. The summed E-state index contributed by atoms with van der Waals surface area (Å²) in [5.41, 5.74) is 0.776. The van der Waals surface area contributed by atoms with Crippen molar-refractivity contribution in [1.29, 1.82) is 0 Å². The van der Waals surface area contributed by atoms with Crippen molar-refractivity contribution in [2.24, 2.45) is 0 Å². The fraction of sp³-hybridized carbons (Fsp3) is 0.450. The summed E-state index contributed by atoms with van der Waals surface area (Å²) >= 11 is 0. The Labute approximate surface area is 165 Å². The quantitative estimate of drug-likeness (QED) is 0.748. The highest BCUT2D eigenvalue weighted by Gasteiger charge is 2.18. The van der Waals surface area contributed by atoms with Crippen molar-refractivity contribution >= 4 is 23.4 Å². The number of carbonyl (C=O) groups is 1. The summed E-state index contributed by atoms with van der Waals surface area (Å²) in [6.07, 6.45) is 4.24. The maximum atomic E-state index is 12.2. The Balaban J connectivity index is 1.64. The van der Waals surface area contributed by atoms with Gasteiger partial charge >= 0.3 is 0 Å². The number of amides is 1. The first-order chi connectivity index (χ1) is 13.6. The van der Waals surface area contributed by atoms with Crippen LogP contribution in [0.25, 0.3) is 0 Å². The van der Waals surface area contributed by atoms with Crippen LogP contribution in [0.1, 0.15) is 19.3 Å². The van der Waals surface area contributed by atoms with Crippen LogP contribution >= 0.6 is 0 Å². The van der Waals surface area contributed by atoms with E-state index in [0.29, 0.717) is 30.5 Å². The fourth-order valence-electron chi connectivity index (χ4n) is 3.03. The van der Waals surface area contributed by atoms with Gasteiger partial charge in [0, 0.05) is 45.1 Å². The molecule has 1 aromatic carbocycles. The van der Waals surface area contributed by atoms with E-state index < -0.39 is 0 Å². The number of nitrogens with zero attached hydrogens (tertiary/aromatic N) is 4. The minimum atomic E-state index is 0.139. The maximum absolute atomic E-state index is 12.2. The minimum absolute atomic E-state index is 0.139. The smallest absolute Gasteiger partial charge is 0.229 e. The van der Waals surface area contributed by atoms with E-state index in [-0.39, 0.29) is 5.91 Å². The summed E-state index contributed by atoms with van der Waals surface area (Å²) in [7, 11) is 5.44. The van der Waals surface area contributed by atoms with Crippen LogP contribution < -0.4 is 19.7 Å². The minimum Gasteiger partial charge on any atom is -0.493 e. The zero-order valence-corrected chi connectivity index (χ0v) is 16.6. The lowest BCUT2D eigenvalue weighted by molar-refractivity contribution is -0.130. The van der Waals surface area contributed by atoms with Gasteiger partial charge in [-0.3, -0.25) is 4.79 Å². The second-order valence-corrected chi connectivity index (χ2v) is 6.81. The summed E-state index contributed by atoms with van der Waals surface area (Å²) in [5.74, 6) is 2.63. The van der Waals surface area contributed by atoms with Crippen LogP contribution in [0.2, 0.25) is 0 Å². The van der Waals surface area contributed by atoms with Crippen LogP contribution in [0.15, 0.2) is 30.5 Å². The molecule has 2 heterocycles. The molecule has 1 aliphatic rings. The van der Waals surface area contributed by atoms with Crippen LogP contribution in [0, 0.1) is 0 Å². The van der Waals surface area contributed by atoms with Crippen molar-refractivity contribution < 1.29 is 14.3 Å². The SMILES string of the molecule is COc1ccc(Nc2nccc(N(C)C)n2)cc1OCCC(=O)N1CCCC1. The molecule has 0 unspecified atom stereocenters. The predicted molar refractivity (Wildman–Crippen MR) is 109 cm³/mol. The van der Waals surface area contributed by atoms with Gasteiger partial charge in [0.25, 0.3) is 0 Å². The zero-order chi connectivity index (χ0) is 19.9. The average Bonchev–Trinajstić information content (AvgIpc) is 3.23. The molecule has 0 saturated carbocycles. The van der Waals surface area contributed by atoms with E-state index in [2.05, 4.69) is 15.3 Å². The van der Waals surface area contributed by atoms with E-state index in [4.69, 9.17) is 9.47 Å². The fourth-order valence-corrected chi connectivity index (χ4v) is 3.03. The van der Waals surface area contributed by atoms with E-state index in [1.807, 2.05) is 48.2 Å². The Morgan fingerprint density at radius 1 is 1.21 bits per heavy atom. The summed E-state index contributed by atoms with van der Waals surface area (Å²) in [4.78, 5) is 24.7. The van der Waals surface area contributed by atoms with Gasteiger partial charge in [-0.1, -0.05) is 0 Å². The van der Waals surface area contributed by atoms with Gasteiger partial charge in [0.05, 0.1) is 20.1 Å². The molecule has 28 heavy (non-hydrogen) atoms. The number of benzene rings is 1. The molecule has 0 atom stereocenters. The summed E-state index contributed by atoms with van der Waals surface area (Å²) in [5, 5.41) is 3.18. The molecule has 8 nitrogen and oxygen atoms in total. The van der Waals surface area contributed by atoms with Crippen molar-refractivity contribution in [3.63, 3.8) is 0 Å². The lowest BCUT2D eigenvalue weighted by Crippen LogP contribution is -2.28. The number of hydrogen-bond acceptors (Lipinski definition) is 7. The number of aromatic nitrogens is 2. The van der Waals surface area contributed by atoms with Crippen molar-refractivity contribution in [2.45, 2.75) is 19.3 Å². The molecule has 150 valence electrons. The van der Waals surface area contributed by atoms with Crippen LogP contribution in [0.4, 0.5) is 17.5 Å². The van der Waals surface area contributed by atoms with Crippen molar-refractivity contribution in [3.05, 3.63) is 30.5 Å². The normalized spacial score (nSPS) is 13.3. The number of rotatable bonds is 8. The molecule has 1 aliphatic heterocycles. The lowest BCUT2D eigenvalue weighted by atomic mass is 10.2. The van der Waals surface area contributed by atoms with Gasteiger partial charge in [0.15, 0.2) is 11.5 Å². The van der Waals surface area contributed by atoms with E-state index in [1.54, 1.807) is 13.3 Å². The van der Waals surface area contributed by atoms with E-state index in [0.717, 1.165) is 37.4 Å². The van der Waals surface area contributed by atoms with Gasteiger partial charge in [-0.2, -0.15) is 4.98 Å². The summed E-state index contributed by atoms with van der Waals surface area (Å²) < 4.78 is 11.2. The highest BCUT2D eigenvalue weighted by molar-refractivity contribution is 5.76. The van der Waals surface area contributed by atoms with Crippen molar-refractivity contribution in [3.8, 4) is 11.5 Å². The molecule has 8 heteroatoms. The second kappa shape index (κ2) is 9.25. The Morgan fingerprint density at radius 3 is 2.71 bits per heavy atom. The molecule has 1 fully saturated rings. The molecule has 0 aliphatic carbocycles. The Hall–Kier alpha value is -3.03. The third-order valence-electron chi connectivity index (χ3n) is 4.55. The van der Waals surface area contributed by atoms with E-state index in [1.165, 1.54) is 0 Å². The van der Waals surface area contributed by atoms with Crippen LogP contribution in [0.3, 0.4) is 0 Å². The highest BCUT2D eigenvalue weighted by Crippen LogP contribution is 2.31. The van der Waals surface area contributed by atoms with Crippen molar-refractivity contribution in [2.75, 3.05) is 51.1 Å². The molecule has 0 bridgehead atoms. The molecule has 2 aromatic rings. The summed E-state index contributed by atoms with van der Waals surface area (Å²) in [6.45, 7) is 2.02. The summed E-state index contributed by atoms with van der Waals surface area (Å²) in [6, 6.07) is 7.35. The molecule has 1 saturated heterocycles. The topological polar surface area (TPSA) is 79.8 Å². The number of likely N-dealkylation sites (tertiary alicyclic amines) is 1. The number of nitrogens with one attached hydrogen (secondary N) is 1. The lowest BCUT2D eigenvalue weighted by Gasteiger charge is -2.16. The number of anilines is 3. The molecule has 3 rings (SSSR count). The van der Waals surface area contributed by atoms with Crippen LogP contribution in [0.5, 0.6) is 11.5 Å². The number of carbonyl (C=O) groups excluding carboxylic acids is 1. The van der Waals surface area contributed by atoms with Crippen molar-refractivity contribution in [1.82, 2.24) is 14.9 Å². The predicted octanol–water partition coefficient (Wildman–Crippen LogP) is 2.69. The standard InChI is InChI=1S/C20H27N5O3/c1-24(2)18-8-10-21-20(23-18)22-15-6-7-16(27-3)17(14-15)28-13-9-19(26)25-11-4-5-12-25/h6-8,10,14H,4-5,9,11-13H2,1-3H3,(H,21,22,23). The largest absolute Gasteiger partial charge is 0.493 e. The Morgan fingerprint density at radius 2 is 2.00 bits per heavy atom. The van der Waals surface area contributed by atoms with Gasteiger partial charge in [0.2, 0.25) is 11.9 Å². The van der Waals surface area contributed by atoms with Gasteiger partial charge in [-0.05, 0) is 31.0 Å². The third-order valence-corrected chi connectivity index (χ3v) is 4.55. The Kier molecular flexibility index (Phi) is 6.52. The molecule has 1 aromatic heterocycles. The molecule has 0 spiro atoms. The molecular formula is C20H27N5O3. The first-order valence-corrected chi connectivity index (χ1v) is 9.43. The van der Waals surface area contributed by atoms with Gasteiger partial charge in [0.1, 0.15) is 5.82 Å². The third kappa shape index (κ3) is 5.03. The Bertz CT molecular complexity index is 806. The first kappa shape index (κ1) is 19.7. The van der Waals surface area contributed by atoms with E-state index >= 15 is 0 Å². The first-order valence-electron chi connectivity index (χ1n) is 9.43. The molecule has 1 N–H and O–H groups in total. The second-order valence-electron chi connectivity index (χ2n) is 6.81. The maximum Gasteiger partial charge on any atom is 0.229 e. The van der Waals surface area contributed by atoms with Gasteiger partial charge < -0.3 is 24.6 Å². The molecule has 1 amide bonds. The van der Waals surface area contributed by atoms with E-state index in [9.17, 15) is 4.79 Å².